The van der Waals surface area contributed by atoms with E-state index in [2.05, 4.69) is 20.4 Å². The smallest absolute Gasteiger partial charge is 0.253 e. The Kier molecular flexibility index (Phi) is 3.78. The van der Waals surface area contributed by atoms with E-state index in [0.717, 1.165) is 29.8 Å². The first-order valence-electron chi connectivity index (χ1n) is 7.90. The summed E-state index contributed by atoms with van der Waals surface area (Å²) in [4.78, 5) is 20.7. The maximum absolute atomic E-state index is 12.0. The fraction of sp³-hybridized carbons (Fsp3) is 0.222. The average molecular weight is 320 g/mol. The SMILES string of the molecule is O=C(NC1CC1)c1ccc(Cc2conc2-c2ccccn2)nc1. The van der Waals surface area contributed by atoms with Gasteiger partial charge in [-0.1, -0.05) is 11.2 Å². The van der Waals surface area contributed by atoms with E-state index in [0.29, 0.717) is 23.7 Å². The summed E-state index contributed by atoms with van der Waals surface area (Å²) in [5.74, 6) is -0.0595. The van der Waals surface area contributed by atoms with Gasteiger partial charge in [0.2, 0.25) is 0 Å². The van der Waals surface area contributed by atoms with Crippen LogP contribution in [0.15, 0.2) is 53.5 Å². The Balaban J connectivity index is 1.50. The summed E-state index contributed by atoms with van der Waals surface area (Å²) in [5, 5.41) is 6.99. The lowest BCUT2D eigenvalue weighted by atomic mass is 10.1. The molecule has 6 nitrogen and oxygen atoms in total. The molecule has 1 aliphatic carbocycles. The molecule has 24 heavy (non-hydrogen) atoms. The van der Waals surface area contributed by atoms with Gasteiger partial charge < -0.3 is 9.84 Å². The van der Waals surface area contributed by atoms with Gasteiger partial charge in [0.15, 0.2) is 0 Å². The summed E-state index contributed by atoms with van der Waals surface area (Å²) in [7, 11) is 0. The van der Waals surface area contributed by atoms with E-state index >= 15 is 0 Å². The van der Waals surface area contributed by atoms with Crippen LogP contribution in [-0.2, 0) is 6.42 Å². The van der Waals surface area contributed by atoms with E-state index in [1.165, 1.54) is 0 Å². The Bertz CT molecular complexity index is 839. The number of nitrogens with zero attached hydrogens (tertiary/aromatic N) is 3. The third-order valence-corrected chi connectivity index (χ3v) is 3.92. The largest absolute Gasteiger partial charge is 0.364 e. The Morgan fingerprint density at radius 1 is 1.21 bits per heavy atom. The Labute approximate surface area is 138 Å². The molecule has 1 N–H and O–H groups in total. The molecule has 3 heterocycles. The predicted octanol–water partition coefficient (Wildman–Crippen LogP) is 2.61. The number of pyridine rings is 2. The number of carbonyl (C=O) groups is 1. The first-order valence-corrected chi connectivity index (χ1v) is 7.90. The molecular formula is C18H16N4O2. The van der Waals surface area contributed by atoms with Crippen molar-refractivity contribution < 1.29 is 9.32 Å². The monoisotopic (exact) mass is 320 g/mol. The molecule has 3 aromatic rings. The molecule has 0 aliphatic heterocycles. The highest BCUT2D eigenvalue weighted by Gasteiger charge is 2.23. The van der Waals surface area contributed by atoms with Crippen LogP contribution in [0.3, 0.4) is 0 Å². The van der Waals surface area contributed by atoms with Crippen molar-refractivity contribution in [3.05, 3.63) is 65.8 Å². The maximum atomic E-state index is 12.0. The van der Waals surface area contributed by atoms with Crippen molar-refractivity contribution >= 4 is 5.91 Å². The summed E-state index contributed by atoms with van der Waals surface area (Å²) in [6.07, 6.45) is 7.65. The van der Waals surface area contributed by atoms with E-state index in [4.69, 9.17) is 4.52 Å². The van der Waals surface area contributed by atoms with Gasteiger partial charge in [0, 0.05) is 36.1 Å². The maximum Gasteiger partial charge on any atom is 0.253 e. The Hall–Kier alpha value is -3.02. The fourth-order valence-electron chi connectivity index (χ4n) is 2.45. The molecule has 1 amide bonds. The topological polar surface area (TPSA) is 80.9 Å². The van der Waals surface area contributed by atoms with Crippen molar-refractivity contribution in [2.45, 2.75) is 25.3 Å². The van der Waals surface area contributed by atoms with E-state index in [-0.39, 0.29) is 5.91 Å². The first-order chi connectivity index (χ1) is 11.8. The van der Waals surface area contributed by atoms with Crippen LogP contribution in [0.4, 0.5) is 0 Å². The summed E-state index contributed by atoms with van der Waals surface area (Å²) < 4.78 is 5.10. The van der Waals surface area contributed by atoms with Crippen molar-refractivity contribution in [1.82, 2.24) is 20.4 Å². The number of hydrogen-bond donors (Lipinski definition) is 1. The zero-order valence-electron chi connectivity index (χ0n) is 13.0. The Morgan fingerprint density at radius 2 is 2.12 bits per heavy atom. The molecule has 6 heteroatoms. The van der Waals surface area contributed by atoms with Gasteiger partial charge in [-0.05, 0) is 37.1 Å². The van der Waals surface area contributed by atoms with E-state index in [9.17, 15) is 4.79 Å². The van der Waals surface area contributed by atoms with Crippen LogP contribution in [0.2, 0.25) is 0 Å². The highest BCUT2D eigenvalue weighted by molar-refractivity contribution is 5.94. The molecule has 0 saturated heterocycles. The lowest BCUT2D eigenvalue weighted by molar-refractivity contribution is 0.0950. The molecule has 4 rings (SSSR count). The number of nitrogens with one attached hydrogen (secondary N) is 1. The van der Waals surface area contributed by atoms with E-state index in [1.807, 2.05) is 24.3 Å². The van der Waals surface area contributed by atoms with Gasteiger partial charge in [0.25, 0.3) is 5.91 Å². The third-order valence-electron chi connectivity index (χ3n) is 3.92. The minimum absolute atomic E-state index is 0.0595. The molecule has 0 atom stereocenters. The summed E-state index contributed by atoms with van der Waals surface area (Å²) in [5.41, 5.74) is 3.82. The van der Waals surface area contributed by atoms with Crippen LogP contribution < -0.4 is 5.32 Å². The summed E-state index contributed by atoms with van der Waals surface area (Å²) in [6.45, 7) is 0. The van der Waals surface area contributed by atoms with Crippen molar-refractivity contribution in [2.24, 2.45) is 0 Å². The quantitative estimate of drug-likeness (QED) is 0.781. The summed E-state index contributed by atoms with van der Waals surface area (Å²) >= 11 is 0. The zero-order chi connectivity index (χ0) is 16.4. The number of hydrogen-bond acceptors (Lipinski definition) is 5. The van der Waals surface area contributed by atoms with Gasteiger partial charge >= 0.3 is 0 Å². The van der Waals surface area contributed by atoms with Crippen LogP contribution in [-0.4, -0.2) is 27.1 Å². The van der Waals surface area contributed by atoms with Gasteiger partial charge in [-0.2, -0.15) is 0 Å². The third kappa shape index (κ3) is 3.17. The van der Waals surface area contributed by atoms with Crippen LogP contribution >= 0.6 is 0 Å². The minimum atomic E-state index is -0.0595. The fourth-order valence-corrected chi connectivity index (χ4v) is 2.45. The van der Waals surface area contributed by atoms with E-state index in [1.54, 1.807) is 24.7 Å². The van der Waals surface area contributed by atoms with Crippen LogP contribution in [0.25, 0.3) is 11.4 Å². The first kappa shape index (κ1) is 14.6. The molecule has 3 aromatic heterocycles. The highest BCUT2D eigenvalue weighted by Crippen LogP contribution is 2.22. The number of aromatic nitrogens is 3. The second-order valence-electron chi connectivity index (χ2n) is 5.87. The molecule has 0 aromatic carbocycles. The van der Waals surface area contributed by atoms with Crippen molar-refractivity contribution in [1.29, 1.82) is 0 Å². The van der Waals surface area contributed by atoms with Gasteiger partial charge in [-0.3, -0.25) is 14.8 Å². The molecule has 0 unspecified atom stereocenters. The molecular weight excluding hydrogens is 304 g/mol. The van der Waals surface area contributed by atoms with Crippen LogP contribution in [0.5, 0.6) is 0 Å². The second-order valence-corrected chi connectivity index (χ2v) is 5.87. The van der Waals surface area contributed by atoms with Gasteiger partial charge in [0.1, 0.15) is 12.0 Å². The average Bonchev–Trinajstić information content (AvgIpc) is 3.32. The normalized spacial score (nSPS) is 13.7. The van der Waals surface area contributed by atoms with Crippen molar-refractivity contribution in [3.63, 3.8) is 0 Å². The van der Waals surface area contributed by atoms with Crippen LogP contribution in [0, 0.1) is 0 Å². The summed E-state index contributed by atoms with van der Waals surface area (Å²) in [6, 6.07) is 9.66. The second kappa shape index (κ2) is 6.23. The molecule has 1 saturated carbocycles. The molecule has 0 radical (unpaired) electrons. The molecule has 1 aliphatic rings. The zero-order valence-corrected chi connectivity index (χ0v) is 13.0. The lowest BCUT2D eigenvalue weighted by Crippen LogP contribution is -2.25. The van der Waals surface area contributed by atoms with Crippen molar-refractivity contribution in [2.75, 3.05) is 0 Å². The van der Waals surface area contributed by atoms with Crippen LogP contribution in [0.1, 0.15) is 34.5 Å². The van der Waals surface area contributed by atoms with Gasteiger partial charge in [-0.25, -0.2) is 0 Å². The molecule has 0 bridgehead atoms. The van der Waals surface area contributed by atoms with Crippen molar-refractivity contribution in [3.8, 4) is 11.4 Å². The van der Waals surface area contributed by atoms with Gasteiger partial charge in [0.05, 0.1) is 11.3 Å². The lowest BCUT2D eigenvalue weighted by Gasteiger charge is -2.04. The molecule has 1 fully saturated rings. The number of rotatable bonds is 5. The minimum Gasteiger partial charge on any atom is -0.364 e. The number of amides is 1. The highest BCUT2D eigenvalue weighted by atomic mass is 16.5. The Morgan fingerprint density at radius 3 is 2.83 bits per heavy atom. The molecule has 0 spiro atoms. The number of carbonyl (C=O) groups excluding carboxylic acids is 1. The van der Waals surface area contributed by atoms with Gasteiger partial charge in [-0.15, -0.1) is 0 Å². The standard InChI is InChI=1S/C18H16N4O2/c23-18(21-14-6-7-14)12-4-5-15(20-10-12)9-13-11-24-22-17(13)16-3-1-2-8-19-16/h1-5,8,10-11,14H,6-7,9H2,(H,21,23). The van der Waals surface area contributed by atoms with E-state index < -0.39 is 0 Å². The predicted molar refractivity (Wildman–Crippen MR) is 87.3 cm³/mol. The molecule has 120 valence electrons.